The van der Waals surface area contributed by atoms with Gasteiger partial charge < -0.3 is 10.8 Å². The van der Waals surface area contributed by atoms with Gasteiger partial charge in [0.15, 0.2) is 0 Å². The van der Waals surface area contributed by atoms with E-state index in [1.165, 1.54) is 0 Å². The molecule has 0 fully saturated rings. The monoisotopic (exact) mass is 213 g/mol. The third-order valence-electron chi connectivity index (χ3n) is 1.89. The van der Waals surface area contributed by atoms with Crippen molar-refractivity contribution in [3.05, 3.63) is 35.4 Å². The van der Waals surface area contributed by atoms with Gasteiger partial charge in [-0.05, 0) is 18.9 Å². The Morgan fingerprint density at radius 1 is 1.43 bits per heavy atom. The molecule has 1 aromatic rings. The highest BCUT2D eigenvalue weighted by Gasteiger charge is 2.11. The lowest BCUT2D eigenvalue weighted by Crippen LogP contribution is -2.32. The Bertz CT molecular complexity index is 297. The normalized spacial score (nSPS) is 11.6. The van der Waals surface area contributed by atoms with Gasteiger partial charge in [0.25, 0.3) is 0 Å². The first-order valence-electron chi connectivity index (χ1n) is 4.13. The van der Waals surface area contributed by atoms with E-state index >= 15 is 0 Å². The molecular formula is C10H15NO2S. The van der Waals surface area contributed by atoms with Crippen LogP contribution in [0.15, 0.2) is 24.3 Å². The molecule has 0 radical (unpaired) electrons. The summed E-state index contributed by atoms with van der Waals surface area (Å²) in [6.07, 6.45) is 0.385. The number of nitrogens with two attached hydrogens (primary N) is 1. The van der Waals surface area contributed by atoms with E-state index < -0.39 is 12.0 Å². The van der Waals surface area contributed by atoms with E-state index in [0.717, 1.165) is 11.1 Å². The maximum atomic E-state index is 10.4. The first-order valence-corrected chi connectivity index (χ1v) is 4.13. The number of carboxylic acid groups (broad SMARTS) is 1. The van der Waals surface area contributed by atoms with Crippen LogP contribution in [0.2, 0.25) is 0 Å². The van der Waals surface area contributed by atoms with Gasteiger partial charge >= 0.3 is 5.97 Å². The van der Waals surface area contributed by atoms with Crippen LogP contribution in [-0.4, -0.2) is 17.1 Å². The molecule has 3 N–H and O–H groups in total. The summed E-state index contributed by atoms with van der Waals surface area (Å²) < 4.78 is 0. The fourth-order valence-electron chi connectivity index (χ4n) is 1.07. The van der Waals surface area contributed by atoms with Gasteiger partial charge in [0.05, 0.1) is 0 Å². The second-order valence-corrected chi connectivity index (χ2v) is 3.13. The molecule has 1 rings (SSSR count). The van der Waals surface area contributed by atoms with Crippen molar-refractivity contribution < 1.29 is 9.90 Å². The Morgan fingerprint density at radius 2 is 1.93 bits per heavy atom. The van der Waals surface area contributed by atoms with Gasteiger partial charge in [-0.25, -0.2) is 0 Å². The van der Waals surface area contributed by atoms with Crippen molar-refractivity contribution >= 4 is 19.5 Å². The lowest BCUT2D eigenvalue weighted by atomic mass is 10.1. The molecule has 0 aliphatic rings. The van der Waals surface area contributed by atoms with Gasteiger partial charge in [-0.3, -0.25) is 4.79 Å². The number of carboxylic acids is 1. The third-order valence-corrected chi connectivity index (χ3v) is 1.89. The van der Waals surface area contributed by atoms with Gasteiger partial charge in [0.1, 0.15) is 6.04 Å². The number of aryl methyl sites for hydroxylation is 1. The van der Waals surface area contributed by atoms with Crippen molar-refractivity contribution in [1.29, 1.82) is 0 Å². The summed E-state index contributed by atoms with van der Waals surface area (Å²) in [7, 11) is 0. The average molecular weight is 213 g/mol. The molecule has 1 aromatic carbocycles. The molecule has 0 bridgehead atoms. The van der Waals surface area contributed by atoms with E-state index in [2.05, 4.69) is 0 Å². The van der Waals surface area contributed by atoms with Gasteiger partial charge in [-0.15, -0.1) is 0 Å². The summed E-state index contributed by atoms with van der Waals surface area (Å²) in [5.74, 6) is -0.958. The van der Waals surface area contributed by atoms with Crippen molar-refractivity contribution in [2.75, 3.05) is 0 Å². The molecule has 14 heavy (non-hydrogen) atoms. The minimum atomic E-state index is -0.958. The predicted octanol–water partition coefficient (Wildman–Crippen LogP) is 1.06. The highest BCUT2D eigenvalue weighted by Crippen LogP contribution is 2.05. The zero-order valence-electron chi connectivity index (χ0n) is 8.03. The summed E-state index contributed by atoms with van der Waals surface area (Å²) in [6.45, 7) is 1.99. The summed E-state index contributed by atoms with van der Waals surface area (Å²) >= 11 is 0. The van der Waals surface area contributed by atoms with Crippen molar-refractivity contribution in [1.82, 2.24) is 0 Å². The van der Waals surface area contributed by atoms with Crippen LogP contribution in [-0.2, 0) is 11.2 Å². The molecule has 0 aromatic heterocycles. The number of carbonyl (C=O) groups is 1. The minimum Gasteiger partial charge on any atom is -0.480 e. The van der Waals surface area contributed by atoms with Crippen LogP contribution in [0.25, 0.3) is 0 Å². The van der Waals surface area contributed by atoms with Gasteiger partial charge in [0.2, 0.25) is 0 Å². The lowest BCUT2D eigenvalue weighted by Gasteiger charge is -2.05. The van der Waals surface area contributed by atoms with Crippen molar-refractivity contribution in [3.8, 4) is 0 Å². The Morgan fingerprint density at radius 3 is 2.36 bits per heavy atom. The molecule has 0 aliphatic heterocycles. The molecule has 0 saturated carbocycles. The van der Waals surface area contributed by atoms with Crippen LogP contribution in [0.1, 0.15) is 11.1 Å². The van der Waals surface area contributed by atoms with E-state index in [1.807, 2.05) is 31.2 Å². The molecule has 0 unspecified atom stereocenters. The van der Waals surface area contributed by atoms with Crippen molar-refractivity contribution in [2.45, 2.75) is 19.4 Å². The summed E-state index contributed by atoms with van der Waals surface area (Å²) in [5.41, 5.74) is 7.51. The minimum absolute atomic E-state index is 0. The van der Waals surface area contributed by atoms with E-state index in [0.29, 0.717) is 6.42 Å². The molecule has 3 nitrogen and oxygen atoms in total. The zero-order chi connectivity index (χ0) is 9.84. The Kier molecular flexibility index (Phi) is 5.27. The number of hydrogen-bond acceptors (Lipinski definition) is 2. The molecule has 0 heterocycles. The topological polar surface area (TPSA) is 63.3 Å². The van der Waals surface area contributed by atoms with Crippen molar-refractivity contribution in [3.63, 3.8) is 0 Å². The maximum absolute atomic E-state index is 10.4. The quantitative estimate of drug-likeness (QED) is 0.789. The SMILES string of the molecule is Cc1ccc(C[C@H](N)C(=O)O)cc1.S. The Labute approximate surface area is 90.4 Å². The van der Waals surface area contributed by atoms with E-state index in [4.69, 9.17) is 10.8 Å². The maximum Gasteiger partial charge on any atom is 0.320 e. The van der Waals surface area contributed by atoms with E-state index in [1.54, 1.807) is 0 Å². The first kappa shape index (κ1) is 13.0. The highest BCUT2D eigenvalue weighted by atomic mass is 32.1. The van der Waals surface area contributed by atoms with E-state index in [-0.39, 0.29) is 13.5 Å². The second kappa shape index (κ2) is 5.67. The standard InChI is InChI=1S/C10H13NO2.H2S/c1-7-2-4-8(5-3-7)6-9(11)10(12)13;/h2-5,9H,6,11H2,1H3,(H,12,13);1H2/t9-;/m0./s1. The smallest absolute Gasteiger partial charge is 0.320 e. The largest absolute Gasteiger partial charge is 0.480 e. The van der Waals surface area contributed by atoms with Gasteiger partial charge in [0, 0.05) is 0 Å². The zero-order valence-corrected chi connectivity index (χ0v) is 9.03. The Balaban J connectivity index is 0.00000169. The number of benzene rings is 1. The second-order valence-electron chi connectivity index (χ2n) is 3.13. The Hall–Kier alpha value is -1.00. The average Bonchev–Trinajstić information content (AvgIpc) is 2.08. The van der Waals surface area contributed by atoms with Crippen LogP contribution in [0.5, 0.6) is 0 Å². The number of rotatable bonds is 3. The van der Waals surface area contributed by atoms with Crippen LogP contribution in [0.3, 0.4) is 0 Å². The van der Waals surface area contributed by atoms with Gasteiger partial charge in [-0.1, -0.05) is 29.8 Å². The fraction of sp³-hybridized carbons (Fsp3) is 0.300. The molecular weight excluding hydrogens is 198 g/mol. The van der Waals surface area contributed by atoms with E-state index in [9.17, 15) is 4.79 Å². The van der Waals surface area contributed by atoms with Crippen LogP contribution in [0, 0.1) is 6.92 Å². The van der Waals surface area contributed by atoms with Crippen LogP contribution >= 0.6 is 13.5 Å². The summed E-state index contributed by atoms with van der Waals surface area (Å²) in [5, 5.41) is 8.57. The molecule has 78 valence electrons. The van der Waals surface area contributed by atoms with Crippen molar-refractivity contribution in [2.24, 2.45) is 5.73 Å². The molecule has 1 atom stereocenters. The molecule has 0 amide bonds. The molecule has 4 heteroatoms. The lowest BCUT2D eigenvalue weighted by molar-refractivity contribution is -0.138. The molecule has 0 aliphatic carbocycles. The van der Waals surface area contributed by atoms with Crippen LogP contribution < -0.4 is 5.73 Å². The fourth-order valence-corrected chi connectivity index (χ4v) is 1.07. The molecule has 0 spiro atoms. The predicted molar refractivity (Wildman–Crippen MR) is 60.9 cm³/mol. The van der Waals surface area contributed by atoms with Crippen LogP contribution in [0.4, 0.5) is 0 Å². The third kappa shape index (κ3) is 3.81. The number of aliphatic carboxylic acids is 1. The van der Waals surface area contributed by atoms with Gasteiger partial charge in [-0.2, -0.15) is 13.5 Å². The summed E-state index contributed by atoms with van der Waals surface area (Å²) in [4.78, 5) is 10.4. The number of hydrogen-bond donors (Lipinski definition) is 2. The highest BCUT2D eigenvalue weighted by molar-refractivity contribution is 7.59. The first-order chi connectivity index (χ1) is 6.09. The molecule has 0 saturated heterocycles. The summed E-state index contributed by atoms with van der Waals surface area (Å²) in [6, 6.07) is 6.90.